The van der Waals surface area contributed by atoms with Crippen molar-refractivity contribution in [1.82, 2.24) is 16.0 Å². The van der Waals surface area contributed by atoms with Crippen LogP contribution in [0.5, 0.6) is 0 Å². The first-order valence-electron chi connectivity index (χ1n) is 5.98. The minimum absolute atomic E-state index is 0.0843. The Bertz CT molecular complexity index is 190. The second-order valence-electron chi connectivity index (χ2n) is 4.21. The van der Waals surface area contributed by atoms with Crippen molar-refractivity contribution >= 4 is 5.91 Å². The molecule has 1 saturated heterocycles. The van der Waals surface area contributed by atoms with Crippen molar-refractivity contribution < 1.29 is 4.79 Å². The molecule has 1 rings (SSSR count). The summed E-state index contributed by atoms with van der Waals surface area (Å²) in [5, 5.41) is 9.54. The van der Waals surface area contributed by atoms with E-state index in [4.69, 9.17) is 0 Å². The van der Waals surface area contributed by atoms with Crippen LogP contribution in [-0.2, 0) is 4.79 Å². The van der Waals surface area contributed by atoms with E-state index in [1.165, 1.54) is 12.8 Å². The van der Waals surface area contributed by atoms with Gasteiger partial charge in [-0.1, -0.05) is 6.92 Å². The maximum absolute atomic E-state index is 11.5. The average molecular weight is 213 g/mol. The Balaban J connectivity index is 2.10. The van der Waals surface area contributed by atoms with E-state index in [0.717, 1.165) is 26.1 Å². The molecule has 0 saturated carbocycles. The topological polar surface area (TPSA) is 53.2 Å². The van der Waals surface area contributed by atoms with Gasteiger partial charge in [-0.15, -0.1) is 0 Å². The average Bonchev–Trinajstić information content (AvgIpc) is 2.75. The molecule has 1 amide bonds. The molecule has 4 heteroatoms. The molecule has 15 heavy (non-hydrogen) atoms. The van der Waals surface area contributed by atoms with Gasteiger partial charge in [-0.05, 0) is 32.7 Å². The maximum Gasteiger partial charge on any atom is 0.236 e. The first kappa shape index (κ1) is 12.5. The molecule has 0 radical (unpaired) electrons. The van der Waals surface area contributed by atoms with Crippen LogP contribution in [0, 0.1) is 0 Å². The highest BCUT2D eigenvalue weighted by Gasteiger charge is 2.17. The summed E-state index contributed by atoms with van der Waals surface area (Å²) in [5.74, 6) is 0.106. The molecule has 2 atom stereocenters. The molecule has 88 valence electrons. The molecule has 0 aromatic rings. The molecule has 0 aromatic carbocycles. The van der Waals surface area contributed by atoms with E-state index < -0.39 is 0 Å². The van der Waals surface area contributed by atoms with E-state index >= 15 is 0 Å². The zero-order valence-corrected chi connectivity index (χ0v) is 9.81. The normalized spacial score (nSPS) is 22.7. The smallest absolute Gasteiger partial charge is 0.236 e. The van der Waals surface area contributed by atoms with Gasteiger partial charge in [0.1, 0.15) is 0 Å². The van der Waals surface area contributed by atoms with E-state index in [-0.39, 0.29) is 11.9 Å². The summed E-state index contributed by atoms with van der Waals surface area (Å²) in [7, 11) is 0. The fraction of sp³-hybridized carbons (Fsp3) is 0.909. The van der Waals surface area contributed by atoms with Crippen LogP contribution in [0.25, 0.3) is 0 Å². The molecule has 1 aliphatic heterocycles. The van der Waals surface area contributed by atoms with Crippen LogP contribution in [0.4, 0.5) is 0 Å². The van der Waals surface area contributed by atoms with Crippen LogP contribution >= 0.6 is 0 Å². The summed E-state index contributed by atoms with van der Waals surface area (Å²) in [5.41, 5.74) is 0. The molecular weight excluding hydrogens is 190 g/mol. The zero-order chi connectivity index (χ0) is 11.1. The Kier molecular flexibility index (Phi) is 5.65. The van der Waals surface area contributed by atoms with Crippen molar-refractivity contribution in [3.05, 3.63) is 0 Å². The molecule has 4 nitrogen and oxygen atoms in total. The lowest BCUT2D eigenvalue weighted by atomic mass is 10.2. The van der Waals surface area contributed by atoms with Crippen LogP contribution in [-0.4, -0.2) is 37.6 Å². The van der Waals surface area contributed by atoms with Gasteiger partial charge < -0.3 is 16.0 Å². The summed E-state index contributed by atoms with van der Waals surface area (Å²) in [6.07, 6.45) is 3.46. The molecule has 0 aliphatic carbocycles. The van der Waals surface area contributed by atoms with Crippen molar-refractivity contribution in [2.24, 2.45) is 0 Å². The largest absolute Gasteiger partial charge is 0.355 e. The van der Waals surface area contributed by atoms with Gasteiger partial charge in [0, 0.05) is 19.1 Å². The standard InChI is InChI=1S/C11H23N3O/c1-3-6-13-11(15)9(2)14-8-10-5-4-7-12-10/h9-10,12,14H,3-8H2,1-2H3,(H,13,15). The molecule has 3 N–H and O–H groups in total. The number of nitrogens with one attached hydrogen (secondary N) is 3. The summed E-state index contributed by atoms with van der Waals surface area (Å²) >= 11 is 0. The lowest BCUT2D eigenvalue weighted by Crippen LogP contribution is -2.46. The Labute approximate surface area is 92.2 Å². The Morgan fingerprint density at radius 2 is 2.40 bits per heavy atom. The number of carbonyl (C=O) groups is 1. The molecule has 0 bridgehead atoms. The fourth-order valence-electron chi connectivity index (χ4n) is 1.74. The van der Waals surface area contributed by atoms with Gasteiger partial charge in [0.2, 0.25) is 5.91 Å². The second-order valence-corrected chi connectivity index (χ2v) is 4.21. The molecule has 1 heterocycles. The minimum atomic E-state index is -0.0843. The highest BCUT2D eigenvalue weighted by molar-refractivity contribution is 5.81. The molecule has 0 spiro atoms. The van der Waals surface area contributed by atoms with Crippen LogP contribution in [0.2, 0.25) is 0 Å². The molecule has 0 aromatic heterocycles. The monoisotopic (exact) mass is 213 g/mol. The first-order chi connectivity index (χ1) is 7.24. The van der Waals surface area contributed by atoms with Crippen molar-refractivity contribution in [3.63, 3.8) is 0 Å². The molecule has 1 aliphatic rings. The number of rotatable bonds is 6. The molecule has 2 unspecified atom stereocenters. The van der Waals surface area contributed by atoms with Gasteiger partial charge in [-0.25, -0.2) is 0 Å². The quantitative estimate of drug-likeness (QED) is 0.592. The van der Waals surface area contributed by atoms with E-state index in [0.29, 0.717) is 6.04 Å². The predicted molar refractivity (Wildman–Crippen MR) is 61.8 cm³/mol. The van der Waals surface area contributed by atoms with Crippen molar-refractivity contribution in [1.29, 1.82) is 0 Å². The van der Waals surface area contributed by atoms with Crippen molar-refractivity contribution in [2.75, 3.05) is 19.6 Å². The summed E-state index contributed by atoms with van der Waals surface area (Å²) in [6, 6.07) is 0.463. The SMILES string of the molecule is CCCNC(=O)C(C)NCC1CCCN1. The second kappa shape index (κ2) is 6.80. The fourth-order valence-corrected chi connectivity index (χ4v) is 1.74. The van der Waals surface area contributed by atoms with Crippen LogP contribution in [0.15, 0.2) is 0 Å². The highest BCUT2D eigenvalue weighted by atomic mass is 16.2. The van der Waals surface area contributed by atoms with E-state index in [9.17, 15) is 4.79 Å². The first-order valence-corrected chi connectivity index (χ1v) is 5.98. The Morgan fingerprint density at radius 3 is 3.00 bits per heavy atom. The van der Waals surface area contributed by atoms with E-state index in [1.54, 1.807) is 0 Å². The minimum Gasteiger partial charge on any atom is -0.355 e. The third-order valence-electron chi connectivity index (χ3n) is 2.78. The summed E-state index contributed by atoms with van der Waals surface area (Å²) in [4.78, 5) is 11.5. The number of amides is 1. The van der Waals surface area contributed by atoms with Crippen LogP contribution < -0.4 is 16.0 Å². The van der Waals surface area contributed by atoms with E-state index in [1.807, 2.05) is 6.92 Å². The van der Waals surface area contributed by atoms with Crippen molar-refractivity contribution in [2.45, 2.75) is 45.2 Å². The van der Waals surface area contributed by atoms with Crippen LogP contribution in [0.3, 0.4) is 0 Å². The Morgan fingerprint density at radius 1 is 1.60 bits per heavy atom. The van der Waals surface area contributed by atoms with Gasteiger partial charge in [0.15, 0.2) is 0 Å². The van der Waals surface area contributed by atoms with Gasteiger partial charge in [-0.3, -0.25) is 4.79 Å². The van der Waals surface area contributed by atoms with E-state index in [2.05, 4.69) is 22.9 Å². The van der Waals surface area contributed by atoms with Gasteiger partial charge in [0.05, 0.1) is 6.04 Å². The maximum atomic E-state index is 11.5. The van der Waals surface area contributed by atoms with Crippen LogP contribution in [0.1, 0.15) is 33.1 Å². The number of hydrogen-bond acceptors (Lipinski definition) is 3. The summed E-state index contributed by atoms with van der Waals surface area (Å²) in [6.45, 7) is 6.75. The van der Waals surface area contributed by atoms with Gasteiger partial charge >= 0.3 is 0 Å². The number of hydrogen-bond donors (Lipinski definition) is 3. The molecule has 1 fully saturated rings. The number of carbonyl (C=O) groups excluding carboxylic acids is 1. The predicted octanol–water partition coefficient (Wildman–Crippen LogP) is 0.243. The third-order valence-corrected chi connectivity index (χ3v) is 2.78. The van der Waals surface area contributed by atoms with Gasteiger partial charge in [-0.2, -0.15) is 0 Å². The van der Waals surface area contributed by atoms with Crippen molar-refractivity contribution in [3.8, 4) is 0 Å². The zero-order valence-electron chi connectivity index (χ0n) is 9.81. The Hall–Kier alpha value is -0.610. The molecular formula is C11H23N3O. The lowest BCUT2D eigenvalue weighted by molar-refractivity contribution is -0.122. The lowest BCUT2D eigenvalue weighted by Gasteiger charge is -2.16. The highest BCUT2D eigenvalue weighted by Crippen LogP contribution is 2.03. The third kappa shape index (κ3) is 4.62. The summed E-state index contributed by atoms with van der Waals surface area (Å²) < 4.78 is 0. The van der Waals surface area contributed by atoms with Gasteiger partial charge in [0.25, 0.3) is 0 Å².